The number of hydrogen-bond acceptors (Lipinski definition) is 2. The molecule has 0 aliphatic heterocycles. The van der Waals surface area contributed by atoms with Crippen LogP contribution < -0.4 is 10.6 Å². The predicted octanol–water partition coefficient (Wildman–Crippen LogP) is 1.88. The lowest BCUT2D eigenvalue weighted by Gasteiger charge is -2.21. The summed E-state index contributed by atoms with van der Waals surface area (Å²) in [6.07, 6.45) is 2.59. The maximum Gasteiger partial charge on any atom is 0.122 e. The molecule has 1 aliphatic rings. The molecule has 80 valence electrons. The van der Waals surface area contributed by atoms with Crippen LogP contribution in [0.1, 0.15) is 24.0 Å². The van der Waals surface area contributed by atoms with E-state index < -0.39 is 0 Å². The Kier molecular flexibility index (Phi) is 2.39. The Labute approximate surface area is 90.4 Å². The molecule has 0 spiro atoms. The van der Waals surface area contributed by atoms with Crippen LogP contribution in [0.25, 0.3) is 0 Å². The van der Waals surface area contributed by atoms with Gasteiger partial charge in [0.15, 0.2) is 0 Å². The molecule has 1 saturated carbocycles. The number of nitrogens with two attached hydrogens (primary N) is 1. The van der Waals surface area contributed by atoms with E-state index in [-0.39, 0.29) is 5.84 Å². The van der Waals surface area contributed by atoms with Crippen molar-refractivity contribution in [1.82, 2.24) is 0 Å². The average molecular weight is 203 g/mol. The Morgan fingerprint density at radius 1 is 1.47 bits per heavy atom. The minimum atomic E-state index is 0.138. The molecule has 1 aliphatic carbocycles. The van der Waals surface area contributed by atoms with E-state index in [0.717, 1.165) is 5.56 Å². The Hall–Kier alpha value is -1.51. The van der Waals surface area contributed by atoms with Gasteiger partial charge in [-0.3, -0.25) is 5.41 Å². The Balaban J connectivity index is 2.29. The maximum absolute atomic E-state index is 7.37. The van der Waals surface area contributed by atoms with Crippen LogP contribution in [0.4, 0.5) is 5.69 Å². The smallest absolute Gasteiger partial charge is 0.122 e. The topological polar surface area (TPSA) is 53.1 Å². The molecule has 3 N–H and O–H groups in total. The van der Waals surface area contributed by atoms with Gasteiger partial charge in [-0.1, -0.05) is 0 Å². The van der Waals surface area contributed by atoms with Crippen LogP contribution in [0, 0.1) is 12.3 Å². The van der Waals surface area contributed by atoms with Gasteiger partial charge >= 0.3 is 0 Å². The number of nitrogens with one attached hydrogen (secondary N) is 1. The third-order valence-electron chi connectivity index (χ3n) is 2.98. The van der Waals surface area contributed by atoms with Gasteiger partial charge in [0.1, 0.15) is 5.84 Å². The molecule has 0 saturated heterocycles. The van der Waals surface area contributed by atoms with Gasteiger partial charge in [-0.2, -0.15) is 0 Å². The fraction of sp³-hybridized carbons (Fsp3) is 0.417. The summed E-state index contributed by atoms with van der Waals surface area (Å²) in [6, 6.07) is 6.68. The van der Waals surface area contributed by atoms with Crippen molar-refractivity contribution in [1.29, 1.82) is 5.41 Å². The molecule has 1 aromatic rings. The molecule has 0 bridgehead atoms. The van der Waals surface area contributed by atoms with E-state index in [1.54, 1.807) is 0 Å². The number of amidine groups is 1. The first-order valence-electron chi connectivity index (χ1n) is 5.27. The van der Waals surface area contributed by atoms with Crippen molar-refractivity contribution in [3.05, 3.63) is 29.3 Å². The van der Waals surface area contributed by atoms with Crippen molar-refractivity contribution in [3.63, 3.8) is 0 Å². The van der Waals surface area contributed by atoms with Crippen molar-refractivity contribution >= 4 is 11.5 Å². The second kappa shape index (κ2) is 3.57. The third kappa shape index (κ3) is 1.96. The second-order valence-corrected chi connectivity index (χ2v) is 4.26. The number of hydrogen-bond donors (Lipinski definition) is 2. The summed E-state index contributed by atoms with van der Waals surface area (Å²) in [4.78, 5) is 2.32. The summed E-state index contributed by atoms with van der Waals surface area (Å²) >= 11 is 0. The van der Waals surface area contributed by atoms with Gasteiger partial charge in [-0.15, -0.1) is 0 Å². The first kappa shape index (κ1) is 10.0. The molecule has 1 aromatic carbocycles. The molecule has 0 atom stereocenters. The van der Waals surface area contributed by atoms with E-state index >= 15 is 0 Å². The van der Waals surface area contributed by atoms with Crippen LogP contribution in [0.3, 0.4) is 0 Å². The highest BCUT2D eigenvalue weighted by Gasteiger charge is 2.27. The van der Waals surface area contributed by atoms with Crippen LogP contribution in [-0.4, -0.2) is 18.9 Å². The van der Waals surface area contributed by atoms with Crippen LogP contribution >= 0.6 is 0 Å². The largest absolute Gasteiger partial charge is 0.384 e. The molecule has 15 heavy (non-hydrogen) atoms. The maximum atomic E-state index is 7.37. The Bertz CT molecular complexity index is 394. The minimum Gasteiger partial charge on any atom is -0.384 e. The molecule has 1 fully saturated rings. The van der Waals surface area contributed by atoms with Gasteiger partial charge in [0, 0.05) is 24.3 Å². The zero-order valence-electron chi connectivity index (χ0n) is 9.25. The number of rotatable bonds is 3. The van der Waals surface area contributed by atoms with Crippen molar-refractivity contribution in [2.24, 2.45) is 5.73 Å². The molecule has 0 unspecified atom stereocenters. The lowest BCUT2D eigenvalue weighted by atomic mass is 10.1. The van der Waals surface area contributed by atoms with Crippen LogP contribution in [0.15, 0.2) is 18.2 Å². The van der Waals surface area contributed by atoms with E-state index in [4.69, 9.17) is 11.1 Å². The second-order valence-electron chi connectivity index (χ2n) is 4.26. The lowest BCUT2D eigenvalue weighted by Crippen LogP contribution is -2.21. The Morgan fingerprint density at radius 3 is 2.60 bits per heavy atom. The molecule has 0 heterocycles. The SMILES string of the molecule is Cc1cc(C(=N)N)ccc1N(C)C1CC1. The molecule has 0 aromatic heterocycles. The van der Waals surface area contributed by atoms with Crippen LogP contribution in [-0.2, 0) is 0 Å². The summed E-state index contributed by atoms with van der Waals surface area (Å²) in [7, 11) is 2.13. The summed E-state index contributed by atoms with van der Waals surface area (Å²) in [5.41, 5.74) is 8.70. The van der Waals surface area contributed by atoms with Crippen LogP contribution in [0.5, 0.6) is 0 Å². The summed E-state index contributed by atoms with van der Waals surface area (Å²) in [6.45, 7) is 2.07. The van der Waals surface area contributed by atoms with Gasteiger partial charge in [-0.25, -0.2) is 0 Å². The molecule has 0 amide bonds. The monoisotopic (exact) mass is 203 g/mol. The van der Waals surface area contributed by atoms with Gasteiger partial charge in [0.05, 0.1) is 0 Å². The molecular weight excluding hydrogens is 186 g/mol. The van der Waals surface area contributed by atoms with Crippen molar-refractivity contribution in [2.75, 3.05) is 11.9 Å². The van der Waals surface area contributed by atoms with E-state index in [1.165, 1.54) is 24.1 Å². The summed E-state index contributed by atoms with van der Waals surface area (Å²) in [5, 5.41) is 7.37. The van der Waals surface area contributed by atoms with Gasteiger partial charge < -0.3 is 10.6 Å². The molecule has 2 rings (SSSR count). The third-order valence-corrected chi connectivity index (χ3v) is 2.98. The highest BCUT2D eigenvalue weighted by atomic mass is 15.2. The van der Waals surface area contributed by atoms with Crippen molar-refractivity contribution in [2.45, 2.75) is 25.8 Å². The molecule has 3 heteroatoms. The molecular formula is C12H17N3. The first-order chi connectivity index (χ1) is 7.09. The number of nitrogen functional groups attached to an aromatic ring is 1. The fourth-order valence-electron chi connectivity index (χ4n) is 1.88. The van der Waals surface area contributed by atoms with Gasteiger partial charge in [-0.05, 0) is 43.5 Å². The van der Waals surface area contributed by atoms with Gasteiger partial charge in [0.2, 0.25) is 0 Å². The highest BCUT2D eigenvalue weighted by Crippen LogP contribution is 2.32. The minimum absolute atomic E-state index is 0.138. The Morgan fingerprint density at radius 2 is 2.13 bits per heavy atom. The standard InChI is InChI=1S/C12H17N3/c1-8-7-9(12(13)14)3-6-11(8)15(2)10-4-5-10/h3,6-7,10H,4-5H2,1-2H3,(H3,13,14). The average Bonchev–Trinajstić information content (AvgIpc) is 2.99. The van der Waals surface area contributed by atoms with Crippen LogP contribution in [0.2, 0.25) is 0 Å². The van der Waals surface area contributed by atoms with E-state index in [1.807, 2.05) is 12.1 Å². The number of nitrogens with zero attached hydrogens (tertiary/aromatic N) is 1. The number of benzene rings is 1. The molecule has 0 radical (unpaired) electrons. The summed E-state index contributed by atoms with van der Waals surface area (Å²) < 4.78 is 0. The van der Waals surface area contributed by atoms with E-state index in [9.17, 15) is 0 Å². The summed E-state index contributed by atoms with van der Waals surface area (Å²) in [5.74, 6) is 0.138. The highest BCUT2D eigenvalue weighted by molar-refractivity contribution is 5.95. The number of anilines is 1. The van der Waals surface area contributed by atoms with Crippen molar-refractivity contribution < 1.29 is 0 Å². The lowest BCUT2D eigenvalue weighted by molar-refractivity contribution is 0.911. The normalized spacial score (nSPS) is 15.1. The van der Waals surface area contributed by atoms with E-state index in [2.05, 4.69) is 24.9 Å². The zero-order chi connectivity index (χ0) is 11.0. The number of aryl methyl sites for hydroxylation is 1. The zero-order valence-corrected chi connectivity index (χ0v) is 9.25. The van der Waals surface area contributed by atoms with Gasteiger partial charge in [0.25, 0.3) is 0 Å². The molecule has 3 nitrogen and oxygen atoms in total. The van der Waals surface area contributed by atoms with Crippen molar-refractivity contribution in [3.8, 4) is 0 Å². The van der Waals surface area contributed by atoms with E-state index in [0.29, 0.717) is 6.04 Å². The quantitative estimate of drug-likeness (QED) is 0.582. The first-order valence-corrected chi connectivity index (χ1v) is 5.27. The predicted molar refractivity (Wildman–Crippen MR) is 63.6 cm³/mol. The fourth-order valence-corrected chi connectivity index (χ4v) is 1.88.